The van der Waals surface area contributed by atoms with E-state index in [2.05, 4.69) is 47.4 Å². The van der Waals surface area contributed by atoms with E-state index in [0.29, 0.717) is 21.0 Å². The molecule has 2 aromatic heterocycles. The van der Waals surface area contributed by atoms with Crippen LogP contribution in [0.25, 0.3) is 15.9 Å². The van der Waals surface area contributed by atoms with Crippen LogP contribution in [-0.2, 0) is 0 Å². The van der Waals surface area contributed by atoms with Crippen molar-refractivity contribution in [2.24, 2.45) is 0 Å². The molecule has 0 aliphatic rings. The van der Waals surface area contributed by atoms with E-state index in [0.717, 1.165) is 11.3 Å². The highest BCUT2D eigenvalue weighted by atomic mass is 32.1. The van der Waals surface area contributed by atoms with Crippen LogP contribution < -0.4 is 10.9 Å². The number of nitrogens with one attached hydrogen (secondary N) is 1. The van der Waals surface area contributed by atoms with Gasteiger partial charge in [0.2, 0.25) is 10.1 Å². The first-order valence-corrected chi connectivity index (χ1v) is 8.47. The Morgan fingerprint density at radius 2 is 1.75 bits per heavy atom. The first-order chi connectivity index (χ1) is 11.5. The monoisotopic (exact) mass is 336 g/mol. The summed E-state index contributed by atoms with van der Waals surface area (Å²) < 4.78 is 1.37. The van der Waals surface area contributed by atoms with Gasteiger partial charge >= 0.3 is 0 Å². The minimum absolute atomic E-state index is 0.136. The molecule has 4 rings (SSSR count). The molecule has 0 saturated heterocycles. The summed E-state index contributed by atoms with van der Waals surface area (Å²) in [6.07, 6.45) is 0. The largest absolute Gasteiger partial charge is 0.330 e. The molecule has 24 heavy (non-hydrogen) atoms. The Labute approximate surface area is 142 Å². The van der Waals surface area contributed by atoms with Crippen LogP contribution in [0.3, 0.4) is 0 Å². The van der Waals surface area contributed by atoms with Crippen LogP contribution in [0, 0.1) is 20.8 Å². The minimum atomic E-state index is -0.136. The zero-order valence-corrected chi connectivity index (χ0v) is 14.4. The number of hydrogen-bond donors (Lipinski definition) is 1. The highest BCUT2D eigenvalue weighted by Gasteiger charge is 2.11. The lowest BCUT2D eigenvalue weighted by atomic mass is 10.1. The fourth-order valence-electron chi connectivity index (χ4n) is 2.84. The zero-order valence-electron chi connectivity index (χ0n) is 13.6. The Hall–Kier alpha value is -2.73. The lowest BCUT2D eigenvalue weighted by Gasteiger charge is -2.04. The summed E-state index contributed by atoms with van der Waals surface area (Å²) in [5.74, 6) is 0. The lowest BCUT2D eigenvalue weighted by Crippen LogP contribution is -2.15. The number of fused-ring (bicyclic) bond motifs is 2. The third kappa shape index (κ3) is 2.55. The molecule has 1 N–H and O–H groups in total. The van der Waals surface area contributed by atoms with Crippen LogP contribution >= 0.6 is 11.3 Å². The normalized spacial score (nSPS) is 11.3. The van der Waals surface area contributed by atoms with Gasteiger partial charge in [0.25, 0.3) is 5.56 Å². The summed E-state index contributed by atoms with van der Waals surface area (Å²) in [6, 6.07) is 11.9. The Morgan fingerprint density at radius 1 is 1.00 bits per heavy atom. The first-order valence-electron chi connectivity index (χ1n) is 7.65. The number of anilines is 2. The predicted molar refractivity (Wildman–Crippen MR) is 98.6 cm³/mol. The average molecular weight is 336 g/mol. The van der Waals surface area contributed by atoms with Gasteiger partial charge in [-0.15, -0.1) is 5.10 Å². The van der Waals surface area contributed by atoms with E-state index in [1.165, 1.54) is 27.0 Å². The second kappa shape index (κ2) is 5.42. The van der Waals surface area contributed by atoms with Crippen LogP contribution in [0.2, 0.25) is 0 Å². The van der Waals surface area contributed by atoms with E-state index in [4.69, 9.17) is 0 Å². The van der Waals surface area contributed by atoms with Crippen molar-refractivity contribution in [1.29, 1.82) is 0 Å². The molecule has 4 aromatic rings. The number of hydrogen-bond acceptors (Lipinski definition) is 5. The molecule has 0 unspecified atom stereocenters. The van der Waals surface area contributed by atoms with Gasteiger partial charge in [0, 0.05) is 5.69 Å². The van der Waals surface area contributed by atoms with E-state index in [-0.39, 0.29) is 5.56 Å². The van der Waals surface area contributed by atoms with Crippen LogP contribution in [0.15, 0.2) is 41.2 Å². The molecule has 0 radical (unpaired) electrons. The van der Waals surface area contributed by atoms with Crippen molar-refractivity contribution in [3.05, 3.63) is 63.4 Å². The summed E-state index contributed by atoms with van der Waals surface area (Å²) >= 11 is 1.37. The lowest BCUT2D eigenvalue weighted by molar-refractivity contribution is 0.919. The van der Waals surface area contributed by atoms with Crippen molar-refractivity contribution < 1.29 is 0 Å². The standard InChI is InChI=1S/C18H16N4OS/c1-10-4-5-15-14(9-10)16(23)22-18(20-15)24-17(21-22)19-13-7-11(2)6-12(3)8-13/h4-9H,1-3H3,(H,19,21). The van der Waals surface area contributed by atoms with Gasteiger partial charge in [-0.2, -0.15) is 4.52 Å². The van der Waals surface area contributed by atoms with Crippen molar-refractivity contribution in [1.82, 2.24) is 14.6 Å². The second-order valence-corrected chi connectivity index (χ2v) is 7.00. The van der Waals surface area contributed by atoms with Gasteiger partial charge in [-0.05, 0) is 56.2 Å². The predicted octanol–water partition coefficient (Wildman–Crippen LogP) is 3.97. The Morgan fingerprint density at radius 3 is 2.50 bits per heavy atom. The van der Waals surface area contributed by atoms with Gasteiger partial charge in [0.05, 0.1) is 10.9 Å². The molecule has 0 saturated carbocycles. The van der Waals surface area contributed by atoms with Crippen molar-refractivity contribution in [3.8, 4) is 0 Å². The summed E-state index contributed by atoms with van der Waals surface area (Å²) in [6.45, 7) is 6.07. The third-order valence-corrected chi connectivity index (χ3v) is 4.65. The minimum Gasteiger partial charge on any atom is -0.330 e. The molecular formula is C18H16N4OS. The highest BCUT2D eigenvalue weighted by Crippen LogP contribution is 2.24. The smallest absolute Gasteiger partial charge is 0.283 e. The Balaban J connectivity index is 1.84. The summed E-state index contributed by atoms with van der Waals surface area (Å²) in [4.78, 5) is 17.8. The molecule has 0 fully saturated rings. The van der Waals surface area contributed by atoms with Crippen LogP contribution in [-0.4, -0.2) is 14.6 Å². The number of aryl methyl sites for hydroxylation is 3. The second-order valence-electron chi connectivity index (χ2n) is 6.04. The molecule has 5 nitrogen and oxygen atoms in total. The van der Waals surface area contributed by atoms with Crippen LogP contribution in [0.5, 0.6) is 0 Å². The van der Waals surface area contributed by atoms with Gasteiger partial charge in [0.15, 0.2) is 0 Å². The molecular weight excluding hydrogens is 320 g/mol. The Bertz CT molecular complexity index is 1120. The maximum Gasteiger partial charge on any atom is 0.283 e. The molecule has 0 amide bonds. The van der Waals surface area contributed by atoms with Gasteiger partial charge in [-0.1, -0.05) is 29.0 Å². The average Bonchev–Trinajstić information content (AvgIpc) is 2.90. The highest BCUT2D eigenvalue weighted by molar-refractivity contribution is 7.20. The number of benzene rings is 2. The fraction of sp³-hybridized carbons (Fsp3) is 0.167. The molecule has 2 aromatic carbocycles. The molecule has 0 aliphatic carbocycles. The van der Waals surface area contributed by atoms with E-state index < -0.39 is 0 Å². The van der Waals surface area contributed by atoms with Gasteiger partial charge in [0.1, 0.15) is 0 Å². The van der Waals surface area contributed by atoms with E-state index >= 15 is 0 Å². The topological polar surface area (TPSA) is 59.3 Å². The summed E-state index contributed by atoms with van der Waals surface area (Å²) in [5.41, 5.74) is 4.91. The van der Waals surface area contributed by atoms with Gasteiger partial charge < -0.3 is 5.32 Å². The Kier molecular flexibility index (Phi) is 3.35. The van der Waals surface area contributed by atoms with Crippen LogP contribution in [0.1, 0.15) is 16.7 Å². The maximum absolute atomic E-state index is 12.7. The van der Waals surface area contributed by atoms with Crippen molar-refractivity contribution in [2.75, 3.05) is 5.32 Å². The molecule has 0 spiro atoms. The van der Waals surface area contributed by atoms with E-state index in [1.807, 2.05) is 25.1 Å². The number of nitrogens with zero attached hydrogens (tertiary/aromatic N) is 3. The van der Waals surface area contributed by atoms with Gasteiger partial charge in [-0.25, -0.2) is 4.98 Å². The first kappa shape index (κ1) is 14.8. The SMILES string of the molecule is Cc1cc(C)cc(Nc2nn3c(=O)c4cc(C)ccc4nc3s2)c1. The van der Waals surface area contributed by atoms with Crippen molar-refractivity contribution >= 4 is 38.0 Å². The van der Waals surface area contributed by atoms with Crippen LogP contribution in [0.4, 0.5) is 10.8 Å². The zero-order chi connectivity index (χ0) is 16.8. The number of rotatable bonds is 2. The van der Waals surface area contributed by atoms with Crippen molar-refractivity contribution in [2.45, 2.75) is 20.8 Å². The van der Waals surface area contributed by atoms with Crippen molar-refractivity contribution in [3.63, 3.8) is 0 Å². The molecule has 0 atom stereocenters. The quantitative estimate of drug-likeness (QED) is 0.602. The van der Waals surface area contributed by atoms with E-state index in [1.54, 1.807) is 0 Å². The molecule has 6 heteroatoms. The van der Waals surface area contributed by atoms with Gasteiger partial charge in [-0.3, -0.25) is 4.79 Å². The summed E-state index contributed by atoms with van der Waals surface area (Å²) in [5, 5.41) is 8.91. The molecule has 0 aliphatic heterocycles. The molecule has 120 valence electrons. The number of aromatic nitrogens is 3. The third-order valence-electron chi connectivity index (χ3n) is 3.82. The fourth-order valence-corrected chi connectivity index (χ4v) is 3.66. The molecule has 2 heterocycles. The molecule has 0 bridgehead atoms. The summed E-state index contributed by atoms with van der Waals surface area (Å²) in [7, 11) is 0. The van der Waals surface area contributed by atoms with E-state index in [9.17, 15) is 4.79 Å². The maximum atomic E-state index is 12.7.